The number of nitriles is 2. The molecule has 0 saturated heterocycles. The quantitative estimate of drug-likeness (QED) is 0.143. The third-order valence-electron chi connectivity index (χ3n) is 18.3. The Balaban J connectivity index is 0.937. The lowest BCUT2D eigenvalue weighted by Gasteiger charge is -2.18. The van der Waals surface area contributed by atoms with Crippen molar-refractivity contribution in [3.63, 3.8) is 0 Å². The van der Waals surface area contributed by atoms with Crippen LogP contribution in [0.3, 0.4) is 0 Å². The highest BCUT2D eigenvalue weighted by molar-refractivity contribution is 6.28. The maximum absolute atomic E-state index is 9.93. The number of nitrogens with zero attached hydrogens (tertiary/aromatic N) is 9. The van der Waals surface area contributed by atoms with Crippen LogP contribution in [0, 0.1) is 22.7 Å². The number of hydrogen-bond donors (Lipinski definition) is 0. The number of hydrogen-bond acceptors (Lipinski definition) is 5. The van der Waals surface area contributed by atoms with Crippen molar-refractivity contribution in [1.29, 1.82) is 10.5 Å². The predicted molar refractivity (Wildman–Crippen MR) is 374 cm³/mol. The molecule has 0 aliphatic heterocycles. The minimum Gasteiger partial charge on any atom is -0.309 e. The topological polar surface area (TPSA) is 106 Å². The lowest BCUT2D eigenvalue weighted by Crippen LogP contribution is -2.06. The van der Waals surface area contributed by atoms with Gasteiger partial charge in [0.05, 0.1) is 78.8 Å². The van der Waals surface area contributed by atoms with Crippen LogP contribution in [-0.4, -0.2) is 33.2 Å². The maximum atomic E-state index is 9.93. The van der Waals surface area contributed by atoms with Gasteiger partial charge in [-0.2, -0.15) is 10.5 Å². The first-order valence-corrected chi connectivity index (χ1v) is 30.7. The van der Waals surface area contributed by atoms with Crippen molar-refractivity contribution in [2.24, 2.45) is 0 Å². The van der Waals surface area contributed by atoms with Gasteiger partial charge in [-0.05, 0) is 131 Å². The fourth-order valence-electron chi connectivity index (χ4n) is 14.2. The molecular formula is C83H49N9. The van der Waals surface area contributed by atoms with Gasteiger partial charge in [0, 0.05) is 71.2 Å². The fraction of sp³-hybridized carbons (Fsp3) is 0. The summed E-state index contributed by atoms with van der Waals surface area (Å²) in [5, 5.41) is 29.0. The second-order valence-electron chi connectivity index (χ2n) is 23.3. The van der Waals surface area contributed by atoms with Gasteiger partial charge in [-0.1, -0.05) is 188 Å². The van der Waals surface area contributed by atoms with Crippen LogP contribution in [0.25, 0.3) is 166 Å². The zero-order chi connectivity index (χ0) is 61.0. The first kappa shape index (κ1) is 52.2. The lowest BCUT2D eigenvalue weighted by molar-refractivity contribution is 1.06. The number of aromatic nitrogens is 7. The third-order valence-corrected chi connectivity index (χ3v) is 18.3. The Morgan fingerprint density at radius 2 is 0.598 bits per heavy atom. The standard InChI is InChI=1S/C83H49N9/c84-50-52-32-36-54(37-33-52)57-40-42-67(75(48-57)91-71-30-16-12-26-65(71)77-73(91)46-44-63-61-24-10-14-28-69(61)89(79(63)77)59-20-6-2-7-21-59)82-86-81(56-18-4-1-5-19-56)87-83(88-82)68-43-41-58(55-38-34-53(51-85)35-39-55)49-76(68)92-72-31-17-13-27-66(72)78-74(92)47-45-64-62-25-11-15-29-70(62)90(80(64)78)60-22-8-3-9-23-60/h1-49H. The van der Waals surface area contributed by atoms with Crippen molar-refractivity contribution in [3.8, 4) is 91.3 Å². The molecule has 18 aromatic rings. The SMILES string of the molecule is N#Cc1ccc(-c2ccc(-c3nc(-c4ccccc4)nc(-c4ccc(-c5ccc(C#N)cc5)cc4-n4c5ccccc5c5c4ccc4c6ccccc6n(-c6ccccc6)c45)n3)c(-n3c4ccccc4c4c3ccc3c5ccccc5n(-c5ccccc5)c34)c2)cc1. The van der Waals surface area contributed by atoms with Crippen LogP contribution in [0.15, 0.2) is 297 Å². The average Bonchev–Trinajstić information content (AvgIpc) is 1.56. The van der Waals surface area contributed by atoms with Gasteiger partial charge in [-0.25, -0.2) is 15.0 Å². The summed E-state index contributed by atoms with van der Waals surface area (Å²) in [6.45, 7) is 0. The largest absolute Gasteiger partial charge is 0.309 e. The number of rotatable bonds is 9. The zero-order valence-corrected chi connectivity index (χ0v) is 49.3. The van der Waals surface area contributed by atoms with Gasteiger partial charge in [0.2, 0.25) is 0 Å². The van der Waals surface area contributed by atoms with Crippen LogP contribution in [0.1, 0.15) is 11.1 Å². The van der Waals surface area contributed by atoms with Gasteiger partial charge >= 0.3 is 0 Å². The molecule has 0 N–H and O–H groups in total. The van der Waals surface area contributed by atoms with Crippen molar-refractivity contribution in [3.05, 3.63) is 308 Å². The second-order valence-corrected chi connectivity index (χ2v) is 23.3. The van der Waals surface area contributed by atoms with Crippen LogP contribution in [-0.2, 0) is 0 Å². The van der Waals surface area contributed by atoms with E-state index in [9.17, 15) is 10.5 Å². The molecule has 0 atom stereocenters. The fourth-order valence-corrected chi connectivity index (χ4v) is 14.2. The normalized spacial score (nSPS) is 11.7. The molecule has 0 radical (unpaired) electrons. The molecule has 0 spiro atoms. The highest BCUT2D eigenvalue weighted by Crippen LogP contribution is 2.47. The Hall–Kier alpha value is -13.0. The molecule has 92 heavy (non-hydrogen) atoms. The molecule has 0 unspecified atom stereocenters. The first-order valence-electron chi connectivity index (χ1n) is 30.7. The summed E-state index contributed by atoms with van der Waals surface area (Å²) in [7, 11) is 0. The molecular weight excluding hydrogens is 1120 g/mol. The molecule has 9 nitrogen and oxygen atoms in total. The average molecular weight is 1170 g/mol. The van der Waals surface area contributed by atoms with Gasteiger partial charge in [0.25, 0.3) is 0 Å². The van der Waals surface area contributed by atoms with Crippen LogP contribution in [0.4, 0.5) is 0 Å². The van der Waals surface area contributed by atoms with Crippen LogP contribution in [0.2, 0.25) is 0 Å². The van der Waals surface area contributed by atoms with E-state index in [1.165, 1.54) is 10.8 Å². The van der Waals surface area contributed by atoms with E-state index in [2.05, 4.69) is 261 Å². The molecule has 0 fully saturated rings. The van der Waals surface area contributed by atoms with Crippen LogP contribution >= 0.6 is 0 Å². The van der Waals surface area contributed by atoms with E-state index in [1.807, 2.05) is 66.7 Å². The molecule has 426 valence electrons. The molecule has 9 heteroatoms. The minimum absolute atomic E-state index is 0.485. The monoisotopic (exact) mass is 1170 g/mol. The van der Waals surface area contributed by atoms with Crippen LogP contribution in [0.5, 0.6) is 0 Å². The molecule has 0 bridgehead atoms. The van der Waals surface area contributed by atoms with E-state index in [0.717, 1.165) is 138 Å². The Labute approximate surface area is 527 Å². The van der Waals surface area contributed by atoms with Crippen LogP contribution < -0.4 is 0 Å². The first-order chi connectivity index (χ1) is 45.6. The van der Waals surface area contributed by atoms with Crippen molar-refractivity contribution in [2.75, 3.05) is 0 Å². The molecule has 0 aliphatic rings. The van der Waals surface area contributed by atoms with Crippen molar-refractivity contribution < 1.29 is 0 Å². The van der Waals surface area contributed by atoms with E-state index in [1.54, 1.807) is 0 Å². The Morgan fingerprint density at radius 1 is 0.250 bits per heavy atom. The molecule has 0 saturated carbocycles. The Morgan fingerprint density at radius 3 is 1.01 bits per heavy atom. The summed E-state index contributed by atoms with van der Waals surface area (Å²) in [4.78, 5) is 16.8. The summed E-state index contributed by atoms with van der Waals surface area (Å²) in [6, 6.07) is 109. The minimum atomic E-state index is 0.485. The molecule has 5 heterocycles. The molecule has 18 rings (SSSR count). The maximum Gasteiger partial charge on any atom is 0.166 e. The van der Waals surface area contributed by atoms with Gasteiger partial charge in [-0.15, -0.1) is 0 Å². The van der Waals surface area contributed by atoms with E-state index in [0.29, 0.717) is 28.6 Å². The summed E-state index contributed by atoms with van der Waals surface area (Å²) in [5.41, 5.74) is 19.9. The van der Waals surface area contributed by atoms with E-state index in [-0.39, 0.29) is 0 Å². The van der Waals surface area contributed by atoms with Gasteiger partial charge in [0.1, 0.15) is 0 Å². The summed E-state index contributed by atoms with van der Waals surface area (Å²) < 4.78 is 9.59. The van der Waals surface area contributed by atoms with Crippen molar-refractivity contribution >= 4 is 87.2 Å². The Bertz CT molecular complexity index is 5760. The third kappa shape index (κ3) is 8.07. The molecule has 13 aromatic carbocycles. The van der Waals surface area contributed by atoms with E-state index < -0.39 is 0 Å². The van der Waals surface area contributed by atoms with Gasteiger partial charge in [-0.3, -0.25) is 0 Å². The van der Waals surface area contributed by atoms with Gasteiger partial charge in [0.15, 0.2) is 17.5 Å². The highest BCUT2D eigenvalue weighted by Gasteiger charge is 2.27. The highest BCUT2D eigenvalue weighted by atomic mass is 15.1. The molecule has 5 aromatic heterocycles. The van der Waals surface area contributed by atoms with E-state index >= 15 is 0 Å². The zero-order valence-electron chi connectivity index (χ0n) is 49.3. The molecule has 0 aliphatic carbocycles. The smallest absolute Gasteiger partial charge is 0.166 e. The lowest BCUT2D eigenvalue weighted by atomic mass is 9.99. The number of fused-ring (bicyclic) bond motifs is 14. The Kier molecular flexibility index (Phi) is 11.8. The number of benzene rings is 13. The van der Waals surface area contributed by atoms with Crippen molar-refractivity contribution in [1.82, 2.24) is 33.2 Å². The molecule has 0 amide bonds. The second kappa shape index (κ2) is 20.9. The summed E-state index contributed by atoms with van der Waals surface area (Å²) in [5.74, 6) is 1.49. The number of para-hydroxylation sites is 6. The van der Waals surface area contributed by atoms with E-state index in [4.69, 9.17) is 15.0 Å². The summed E-state index contributed by atoms with van der Waals surface area (Å²) in [6.07, 6.45) is 0. The van der Waals surface area contributed by atoms with Crippen molar-refractivity contribution in [2.45, 2.75) is 0 Å². The summed E-state index contributed by atoms with van der Waals surface area (Å²) >= 11 is 0. The van der Waals surface area contributed by atoms with Gasteiger partial charge < -0.3 is 18.3 Å². The predicted octanol–water partition coefficient (Wildman–Crippen LogP) is 20.3.